The third-order valence-electron chi connectivity index (χ3n) is 4.61. The molecule has 5 heteroatoms. The van der Waals surface area contributed by atoms with E-state index in [9.17, 15) is 14.7 Å². The standard InChI is InChI=1S/C15H28N2O3/c1-12(2)17(4)13(18)11-16(3)15(10-14(19)20)8-6-5-7-9-15/h12H,5-11H2,1-4H3,(H,19,20). The molecule has 0 aromatic rings. The van der Waals surface area contributed by atoms with Crippen LogP contribution in [0, 0.1) is 0 Å². The fourth-order valence-electron chi connectivity index (χ4n) is 2.95. The van der Waals surface area contributed by atoms with Crippen molar-refractivity contribution < 1.29 is 14.7 Å². The van der Waals surface area contributed by atoms with Crippen LogP contribution >= 0.6 is 0 Å². The van der Waals surface area contributed by atoms with Gasteiger partial charge in [0, 0.05) is 18.6 Å². The molecule has 1 aliphatic carbocycles. The van der Waals surface area contributed by atoms with Crippen LogP contribution in [0.4, 0.5) is 0 Å². The fourth-order valence-corrected chi connectivity index (χ4v) is 2.95. The van der Waals surface area contributed by atoms with Crippen LogP contribution < -0.4 is 0 Å². The van der Waals surface area contributed by atoms with E-state index in [2.05, 4.69) is 0 Å². The number of nitrogens with zero attached hydrogens (tertiary/aromatic N) is 2. The number of amides is 1. The van der Waals surface area contributed by atoms with Crippen LogP contribution in [0.3, 0.4) is 0 Å². The van der Waals surface area contributed by atoms with E-state index in [4.69, 9.17) is 0 Å². The van der Waals surface area contributed by atoms with Crippen molar-refractivity contribution in [2.75, 3.05) is 20.6 Å². The maximum Gasteiger partial charge on any atom is 0.305 e. The zero-order valence-corrected chi connectivity index (χ0v) is 13.2. The first kappa shape index (κ1) is 17.0. The number of hydrogen-bond donors (Lipinski definition) is 1. The fraction of sp³-hybridized carbons (Fsp3) is 0.867. The molecule has 1 saturated carbocycles. The highest BCUT2D eigenvalue weighted by Gasteiger charge is 2.39. The Morgan fingerprint density at radius 1 is 1.15 bits per heavy atom. The van der Waals surface area contributed by atoms with E-state index in [1.54, 1.807) is 11.9 Å². The van der Waals surface area contributed by atoms with E-state index in [0.29, 0.717) is 6.54 Å². The number of carbonyl (C=O) groups excluding carboxylic acids is 1. The minimum absolute atomic E-state index is 0.0536. The Morgan fingerprint density at radius 3 is 2.15 bits per heavy atom. The van der Waals surface area contributed by atoms with E-state index in [0.717, 1.165) is 32.1 Å². The molecular weight excluding hydrogens is 256 g/mol. The Hall–Kier alpha value is -1.10. The molecule has 0 bridgehead atoms. The molecular formula is C15H28N2O3. The van der Waals surface area contributed by atoms with Crippen molar-refractivity contribution in [1.82, 2.24) is 9.80 Å². The molecule has 1 N–H and O–H groups in total. The molecule has 0 radical (unpaired) electrons. The van der Waals surface area contributed by atoms with Crippen LogP contribution in [0.25, 0.3) is 0 Å². The van der Waals surface area contributed by atoms with Crippen molar-refractivity contribution in [2.24, 2.45) is 0 Å². The Balaban J connectivity index is 2.75. The molecule has 0 heterocycles. The second-order valence-corrected chi connectivity index (χ2v) is 6.31. The van der Waals surface area contributed by atoms with Gasteiger partial charge in [-0.3, -0.25) is 14.5 Å². The van der Waals surface area contributed by atoms with Gasteiger partial charge in [0.2, 0.25) is 5.91 Å². The Labute approximate surface area is 121 Å². The minimum atomic E-state index is -0.775. The normalized spacial score (nSPS) is 18.3. The van der Waals surface area contributed by atoms with Crippen LogP contribution in [-0.4, -0.2) is 59.0 Å². The summed E-state index contributed by atoms with van der Waals surface area (Å²) in [6.07, 6.45) is 5.12. The number of likely N-dealkylation sites (N-methyl/N-ethyl adjacent to an activating group) is 2. The van der Waals surface area contributed by atoms with Crippen molar-refractivity contribution in [3.63, 3.8) is 0 Å². The molecule has 1 fully saturated rings. The monoisotopic (exact) mass is 284 g/mol. The molecule has 116 valence electrons. The van der Waals surface area contributed by atoms with E-state index in [1.165, 1.54) is 0 Å². The summed E-state index contributed by atoms with van der Waals surface area (Å²) >= 11 is 0. The van der Waals surface area contributed by atoms with Gasteiger partial charge in [-0.1, -0.05) is 19.3 Å². The summed E-state index contributed by atoms with van der Waals surface area (Å²) in [4.78, 5) is 27.1. The van der Waals surface area contributed by atoms with Crippen molar-refractivity contribution >= 4 is 11.9 Å². The molecule has 20 heavy (non-hydrogen) atoms. The first-order valence-electron chi connectivity index (χ1n) is 7.47. The Morgan fingerprint density at radius 2 is 1.70 bits per heavy atom. The molecule has 5 nitrogen and oxygen atoms in total. The summed E-state index contributed by atoms with van der Waals surface area (Å²) < 4.78 is 0. The molecule has 0 aromatic heterocycles. The molecule has 1 rings (SSSR count). The van der Waals surface area contributed by atoms with Crippen LogP contribution in [-0.2, 0) is 9.59 Å². The maximum atomic E-state index is 12.2. The minimum Gasteiger partial charge on any atom is -0.481 e. The lowest BCUT2D eigenvalue weighted by atomic mass is 9.78. The van der Waals surface area contributed by atoms with Gasteiger partial charge in [0.1, 0.15) is 0 Å². The van der Waals surface area contributed by atoms with Gasteiger partial charge >= 0.3 is 5.97 Å². The van der Waals surface area contributed by atoms with Gasteiger partial charge in [0.25, 0.3) is 0 Å². The molecule has 0 unspecified atom stereocenters. The Kier molecular flexibility index (Phi) is 5.99. The molecule has 1 aliphatic rings. The average molecular weight is 284 g/mol. The summed E-state index contributed by atoms with van der Waals surface area (Å²) in [5, 5.41) is 9.19. The summed E-state index contributed by atoms with van der Waals surface area (Å²) in [7, 11) is 3.69. The number of carbonyl (C=O) groups is 2. The van der Waals surface area contributed by atoms with Crippen molar-refractivity contribution in [3.8, 4) is 0 Å². The topological polar surface area (TPSA) is 60.9 Å². The van der Waals surface area contributed by atoms with E-state index >= 15 is 0 Å². The summed E-state index contributed by atoms with van der Waals surface area (Å²) in [6, 6.07) is 0.165. The lowest BCUT2D eigenvalue weighted by molar-refractivity contribution is -0.143. The number of aliphatic carboxylic acids is 1. The van der Waals surface area contributed by atoms with E-state index < -0.39 is 5.97 Å². The zero-order valence-electron chi connectivity index (χ0n) is 13.2. The smallest absolute Gasteiger partial charge is 0.305 e. The number of carboxylic acid groups (broad SMARTS) is 1. The first-order valence-corrected chi connectivity index (χ1v) is 7.47. The van der Waals surface area contributed by atoms with Crippen molar-refractivity contribution in [3.05, 3.63) is 0 Å². The van der Waals surface area contributed by atoms with Gasteiger partial charge in [-0.05, 0) is 33.7 Å². The highest BCUT2D eigenvalue weighted by atomic mass is 16.4. The quantitative estimate of drug-likeness (QED) is 0.810. The van der Waals surface area contributed by atoms with Crippen LogP contribution in [0.2, 0.25) is 0 Å². The largest absolute Gasteiger partial charge is 0.481 e. The van der Waals surface area contributed by atoms with E-state index in [-0.39, 0.29) is 23.9 Å². The lowest BCUT2D eigenvalue weighted by Gasteiger charge is -2.44. The number of carboxylic acids is 1. The van der Waals surface area contributed by atoms with Gasteiger partial charge in [0.05, 0.1) is 13.0 Å². The molecule has 0 saturated heterocycles. The zero-order chi connectivity index (χ0) is 15.3. The van der Waals surface area contributed by atoms with Crippen molar-refractivity contribution in [1.29, 1.82) is 0 Å². The van der Waals surface area contributed by atoms with Crippen LogP contribution in [0.5, 0.6) is 0 Å². The lowest BCUT2D eigenvalue weighted by Crippen LogP contribution is -2.53. The molecule has 0 aromatic carbocycles. The van der Waals surface area contributed by atoms with Gasteiger partial charge in [-0.15, -0.1) is 0 Å². The van der Waals surface area contributed by atoms with Gasteiger partial charge in [-0.25, -0.2) is 0 Å². The maximum absolute atomic E-state index is 12.2. The summed E-state index contributed by atoms with van der Waals surface area (Å²) in [5.41, 5.74) is -0.350. The highest BCUT2D eigenvalue weighted by Crippen LogP contribution is 2.35. The summed E-state index contributed by atoms with van der Waals surface area (Å²) in [5.74, 6) is -0.721. The third-order valence-corrected chi connectivity index (χ3v) is 4.61. The van der Waals surface area contributed by atoms with E-state index in [1.807, 2.05) is 25.8 Å². The first-order chi connectivity index (χ1) is 9.28. The second-order valence-electron chi connectivity index (χ2n) is 6.31. The predicted molar refractivity (Wildman–Crippen MR) is 78.6 cm³/mol. The highest BCUT2D eigenvalue weighted by molar-refractivity contribution is 5.78. The second kappa shape index (κ2) is 7.07. The molecule has 0 spiro atoms. The predicted octanol–water partition coefficient (Wildman–Crippen LogP) is 1.96. The molecule has 1 amide bonds. The van der Waals surface area contributed by atoms with Crippen LogP contribution in [0.1, 0.15) is 52.4 Å². The number of hydrogen-bond acceptors (Lipinski definition) is 3. The number of rotatable bonds is 6. The SMILES string of the molecule is CC(C)N(C)C(=O)CN(C)C1(CC(=O)O)CCCCC1. The average Bonchev–Trinajstić information content (AvgIpc) is 2.37. The Bertz CT molecular complexity index is 349. The summed E-state index contributed by atoms with van der Waals surface area (Å²) in [6.45, 7) is 4.25. The van der Waals surface area contributed by atoms with Gasteiger partial charge in [0.15, 0.2) is 0 Å². The van der Waals surface area contributed by atoms with Gasteiger partial charge in [-0.2, -0.15) is 0 Å². The van der Waals surface area contributed by atoms with Gasteiger partial charge < -0.3 is 10.0 Å². The molecule has 0 atom stereocenters. The third kappa shape index (κ3) is 4.20. The molecule has 0 aliphatic heterocycles. The van der Waals surface area contributed by atoms with Crippen LogP contribution in [0.15, 0.2) is 0 Å². The van der Waals surface area contributed by atoms with Crippen molar-refractivity contribution in [2.45, 2.75) is 64.0 Å².